The fraction of sp³-hybridized carbons (Fsp3) is 0.121. The third-order valence-electron chi connectivity index (χ3n) is 5.44. The number of allylic oxidation sites excluding steroid dienone is 1. The Balaban J connectivity index is 0.000000228. The lowest BCUT2D eigenvalue weighted by Crippen LogP contribution is -1.92. The smallest absolute Gasteiger partial charge is 0.185 e. The molecule has 0 unspecified atom stereocenters. The van der Waals surface area contributed by atoms with Gasteiger partial charge in [-0.15, -0.1) is 0 Å². The summed E-state index contributed by atoms with van der Waals surface area (Å²) in [6.45, 7) is 1.54. The maximum absolute atomic E-state index is 11.9. The summed E-state index contributed by atoms with van der Waals surface area (Å²) in [6, 6.07) is 27.6. The molecule has 0 aliphatic rings. The van der Waals surface area contributed by atoms with Crippen LogP contribution in [0.5, 0.6) is 23.0 Å². The van der Waals surface area contributed by atoms with Crippen molar-refractivity contribution < 1.29 is 33.7 Å². The number of aromatic hydroxyl groups is 1. The molecule has 7 heteroatoms. The first-order chi connectivity index (χ1) is 19.3. The van der Waals surface area contributed by atoms with Gasteiger partial charge in [-0.2, -0.15) is 0 Å². The summed E-state index contributed by atoms with van der Waals surface area (Å²) >= 11 is 0. The van der Waals surface area contributed by atoms with Gasteiger partial charge in [-0.05, 0) is 103 Å². The summed E-state index contributed by atoms with van der Waals surface area (Å²) in [4.78, 5) is 32.8. The zero-order chi connectivity index (χ0) is 29.3. The first-order valence-electron chi connectivity index (χ1n) is 12.2. The summed E-state index contributed by atoms with van der Waals surface area (Å²) in [7, 11) is 4.80. The SMILES string of the molecule is COc1ccc(C(C)=O)cc1.COc1ccc(C=CC(=O)c2ccc(O)cc2)cc1.COc1ccc(C=O)cc1. The van der Waals surface area contributed by atoms with Gasteiger partial charge in [0.05, 0.1) is 21.3 Å². The largest absolute Gasteiger partial charge is 0.508 e. The van der Waals surface area contributed by atoms with Crippen molar-refractivity contribution in [3.05, 3.63) is 125 Å². The number of aldehydes is 1. The van der Waals surface area contributed by atoms with E-state index in [4.69, 9.17) is 19.3 Å². The minimum absolute atomic E-state index is 0.0765. The summed E-state index contributed by atoms with van der Waals surface area (Å²) in [5, 5.41) is 9.15. The van der Waals surface area contributed by atoms with E-state index < -0.39 is 0 Å². The van der Waals surface area contributed by atoms with E-state index in [1.165, 1.54) is 18.2 Å². The number of hydrogen-bond acceptors (Lipinski definition) is 7. The Kier molecular flexibility index (Phi) is 12.9. The first-order valence-corrected chi connectivity index (χ1v) is 12.2. The minimum Gasteiger partial charge on any atom is -0.508 e. The van der Waals surface area contributed by atoms with Gasteiger partial charge in [-0.3, -0.25) is 14.4 Å². The lowest BCUT2D eigenvalue weighted by Gasteiger charge is -1.99. The molecule has 0 aromatic heterocycles. The summed E-state index contributed by atoms with van der Waals surface area (Å²) in [5.74, 6) is 2.45. The molecule has 0 saturated heterocycles. The molecule has 4 aromatic rings. The predicted octanol–water partition coefficient (Wildman–Crippen LogP) is 6.70. The van der Waals surface area contributed by atoms with Gasteiger partial charge in [-0.1, -0.05) is 18.2 Å². The molecule has 7 nitrogen and oxygen atoms in total. The maximum Gasteiger partial charge on any atom is 0.185 e. The van der Waals surface area contributed by atoms with E-state index in [2.05, 4.69) is 0 Å². The monoisotopic (exact) mass is 540 g/mol. The molecular formula is C33H32O7. The molecule has 206 valence electrons. The number of ether oxygens (including phenoxy) is 3. The number of carbonyl (C=O) groups excluding carboxylic acids is 3. The van der Waals surface area contributed by atoms with Crippen LogP contribution in [0.25, 0.3) is 6.08 Å². The van der Waals surface area contributed by atoms with E-state index in [1.807, 2.05) is 24.3 Å². The van der Waals surface area contributed by atoms with Gasteiger partial charge < -0.3 is 19.3 Å². The van der Waals surface area contributed by atoms with Crippen molar-refractivity contribution in [2.45, 2.75) is 6.92 Å². The molecule has 0 aliphatic heterocycles. The first kappa shape index (κ1) is 31.1. The Labute approximate surface area is 234 Å². The van der Waals surface area contributed by atoms with Crippen LogP contribution < -0.4 is 14.2 Å². The molecule has 0 aliphatic carbocycles. The number of phenols is 1. The molecule has 40 heavy (non-hydrogen) atoms. The average Bonchev–Trinajstić information content (AvgIpc) is 3.01. The van der Waals surface area contributed by atoms with E-state index >= 15 is 0 Å². The molecule has 0 amide bonds. The predicted molar refractivity (Wildman–Crippen MR) is 156 cm³/mol. The van der Waals surface area contributed by atoms with E-state index in [-0.39, 0.29) is 17.3 Å². The van der Waals surface area contributed by atoms with Gasteiger partial charge in [0, 0.05) is 16.7 Å². The molecule has 4 rings (SSSR count). The minimum atomic E-state index is -0.101. The number of methoxy groups -OCH3 is 3. The van der Waals surface area contributed by atoms with Crippen molar-refractivity contribution in [1.29, 1.82) is 0 Å². The van der Waals surface area contributed by atoms with Gasteiger partial charge in [-0.25, -0.2) is 0 Å². The molecule has 4 aromatic carbocycles. The Hall–Kier alpha value is -5.17. The van der Waals surface area contributed by atoms with Crippen molar-refractivity contribution >= 4 is 23.9 Å². The number of Topliss-reactive ketones (excluding diaryl/α,β-unsaturated/α-hetero) is 1. The van der Waals surface area contributed by atoms with Gasteiger partial charge in [0.1, 0.15) is 29.3 Å². The molecule has 1 N–H and O–H groups in total. The highest BCUT2D eigenvalue weighted by Gasteiger charge is 2.01. The van der Waals surface area contributed by atoms with Crippen molar-refractivity contribution in [2.75, 3.05) is 21.3 Å². The van der Waals surface area contributed by atoms with Crippen LogP contribution >= 0.6 is 0 Å². The summed E-state index contributed by atoms with van der Waals surface area (Å²) < 4.78 is 14.9. The number of rotatable bonds is 8. The fourth-order valence-electron chi connectivity index (χ4n) is 3.12. The van der Waals surface area contributed by atoms with Crippen LogP contribution in [0.1, 0.15) is 43.6 Å². The van der Waals surface area contributed by atoms with Crippen molar-refractivity contribution in [2.24, 2.45) is 0 Å². The third-order valence-corrected chi connectivity index (χ3v) is 5.44. The van der Waals surface area contributed by atoms with Crippen LogP contribution in [0.2, 0.25) is 0 Å². The van der Waals surface area contributed by atoms with Gasteiger partial charge in [0.15, 0.2) is 11.6 Å². The highest BCUT2D eigenvalue weighted by atomic mass is 16.5. The van der Waals surface area contributed by atoms with Crippen molar-refractivity contribution in [3.63, 3.8) is 0 Å². The highest BCUT2D eigenvalue weighted by molar-refractivity contribution is 6.06. The molecule has 0 heterocycles. The van der Waals surface area contributed by atoms with Gasteiger partial charge in [0.2, 0.25) is 0 Å². The molecule has 0 spiro atoms. The third kappa shape index (κ3) is 10.7. The molecule has 0 bridgehead atoms. The second-order valence-electron chi connectivity index (χ2n) is 8.19. The van der Waals surface area contributed by atoms with Crippen LogP contribution in [0.15, 0.2) is 103 Å². The Bertz CT molecular complexity index is 1370. The number of phenolic OH excluding ortho intramolecular Hbond substituents is 1. The van der Waals surface area contributed by atoms with Crippen LogP contribution in [0, 0.1) is 0 Å². The van der Waals surface area contributed by atoms with Crippen LogP contribution in [0.3, 0.4) is 0 Å². The molecule has 0 atom stereocenters. The van der Waals surface area contributed by atoms with E-state index in [0.29, 0.717) is 16.7 Å². The van der Waals surface area contributed by atoms with Crippen molar-refractivity contribution in [3.8, 4) is 23.0 Å². The topological polar surface area (TPSA) is 99.1 Å². The zero-order valence-electron chi connectivity index (χ0n) is 22.9. The lowest BCUT2D eigenvalue weighted by atomic mass is 10.1. The Morgan fingerprint density at radius 3 is 1.40 bits per heavy atom. The van der Waals surface area contributed by atoms with Crippen LogP contribution in [-0.4, -0.2) is 44.3 Å². The van der Waals surface area contributed by atoms with Crippen LogP contribution in [-0.2, 0) is 0 Å². The average molecular weight is 541 g/mol. The lowest BCUT2D eigenvalue weighted by molar-refractivity contribution is 0.101. The van der Waals surface area contributed by atoms with E-state index in [0.717, 1.165) is 29.1 Å². The second kappa shape index (κ2) is 16.6. The quantitative estimate of drug-likeness (QED) is 0.151. The number of ketones is 2. The summed E-state index contributed by atoms with van der Waals surface area (Å²) in [5.41, 5.74) is 2.85. The van der Waals surface area contributed by atoms with Gasteiger partial charge >= 0.3 is 0 Å². The normalized spacial score (nSPS) is 9.80. The zero-order valence-corrected chi connectivity index (χ0v) is 22.9. The Morgan fingerprint density at radius 2 is 1.00 bits per heavy atom. The Morgan fingerprint density at radius 1 is 0.600 bits per heavy atom. The second-order valence-corrected chi connectivity index (χ2v) is 8.19. The molecule has 0 fully saturated rings. The number of hydrogen-bond donors (Lipinski definition) is 1. The number of benzene rings is 4. The standard InChI is InChI=1S/C16H14O3.C9H10O2.C8H8O2/c1-19-15-9-2-12(3-10-15)4-11-16(18)13-5-7-14(17)8-6-13;1-7(10)8-3-5-9(11-2)6-4-8;1-10-8-4-2-7(6-9)3-5-8/h2-11,17H,1H3;3-6H,1-2H3;2-6H,1H3. The van der Waals surface area contributed by atoms with Crippen LogP contribution in [0.4, 0.5) is 0 Å². The summed E-state index contributed by atoms with van der Waals surface area (Å²) in [6.07, 6.45) is 4.06. The fourth-order valence-corrected chi connectivity index (χ4v) is 3.12. The molecule has 0 saturated carbocycles. The van der Waals surface area contributed by atoms with Crippen molar-refractivity contribution in [1.82, 2.24) is 0 Å². The number of carbonyl (C=O) groups is 3. The molecular weight excluding hydrogens is 508 g/mol. The van der Waals surface area contributed by atoms with E-state index in [9.17, 15) is 14.4 Å². The van der Waals surface area contributed by atoms with E-state index in [1.54, 1.807) is 95.0 Å². The maximum atomic E-state index is 11.9. The van der Waals surface area contributed by atoms with Gasteiger partial charge in [0.25, 0.3) is 0 Å². The molecule has 0 radical (unpaired) electrons. The highest BCUT2D eigenvalue weighted by Crippen LogP contribution is 2.14.